The summed E-state index contributed by atoms with van der Waals surface area (Å²) >= 11 is 3.31. The number of rotatable bonds is 4. The number of aromatic nitrogens is 1. The molecule has 0 aliphatic heterocycles. The second-order valence-electron chi connectivity index (χ2n) is 4.59. The second kappa shape index (κ2) is 5.07. The summed E-state index contributed by atoms with van der Waals surface area (Å²) in [5.74, 6) is 0.458. The summed E-state index contributed by atoms with van der Waals surface area (Å²) in [4.78, 5) is 5.57. The normalized spacial score (nSPS) is 15.8. The van der Waals surface area contributed by atoms with E-state index in [0.717, 1.165) is 24.0 Å². The van der Waals surface area contributed by atoms with E-state index in [4.69, 9.17) is 0 Å². The molecule has 1 aromatic heterocycles. The predicted molar refractivity (Wildman–Crippen MR) is 68.0 cm³/mol. The van der Waals surface area contributed by atoms with Crippen LogP contribution in [0, 0.1) is 6.92 Å². The lowest BCUT2D eigenvalue weighted by atomic mass is 10.2. The molecule has 0 radical (unpaired) electrons. The third-order valence-corrected chi connectivity index (χ3v) is 3.52. The zero-order valence-electron chi connectivity index (χ0n) is 9.97. The van der Waals surface area contributed by atoms with Crippen LogP contribution < -0.4 is 4.90 Å². The van der Waals surface area contributed by atoms with Gasteiger partial charge in [-0.2, -0.15) is 13.2 Å². The zero-order chi connectivity index (χ0) is 13.3. The Hall–Kier alpha value is -0.780. The average Bonchev–Trinajstić information content (AvgIpc) is 3.08. The lowest BCUT2D eigenvalue weighted by Gasteiger charge is -2.26. The number of hydrogen-bond donors (Lipinski definition) is 0. The van der Waals surface area contributed by atoms with Crippen molar-refractivity contribution in [3.63, 3.8) is 0 Å². The summed E-state index contributed by atoms with van der Waals surface area (Å²) in [6.45, 7) is 0.888. The largest absolute Gasteiger partial charge is 0.405 e. The molecule has 1 saturated carbocycles. The Bertz CT molecular complexity index is 430. The topological polar surface area (TPSA) is 16.1 Å². The van der Waals surface area contributed by atoms with E-state index in [2.05, 4.69) is 20.9 Å². The molecule has 0 unspecified atom stereocenters. The van der Waals surface area contributed by atoms with E-state index in [1.54, 1.807) is 13.1 Å². The maximum absolute atomic E-state index is 12.6. The van der Waals surface area contributed by atoms with Gasteiger partial charge in [0, 0.05) is 17.6 Å². The minimum Gasteiger partial charge on any atom is -0.344 e. The van der Waals surface area contributed by atoms with Gasteiger partial charge in [-0.3, -0.25) is 0 Å². The Balaban J connectivity index is 2.25. The van der Waals surface area contributed by atoms with Gasteiger partial charge in [0.25, 0.3) is 0 Å². The SMILES string of the molecule is Cc1cc(CBr)cnc1N(CC(F)(F)F)C1CC1. The molecule has 0 amide bonds. The first-order valence-electron chi connectivity index (χ1n) is 5.75. The van der Waals surface area contributed by atoms with Crippen molar-refractivity contribution in [1.82, 2.24) is 4.98 Å². The first-order chi connectivity index (χ1) is 8.40. The number of halogens is 4. The highest BCUT2D eigenvalue weighted by Crippen LogP contribution is 2.35. The van der Waals surface area contributed by atoms with Gasteiger partial charge in [-0.1, -0.05) is 22.0 Å². The molecular formula is C12H14BrF3N2. The molecule has 0 atom stereocenters. The van der Waals surface area contributed by atoms with Crippen LogP contribution in [0.1, 0.15) is 24.0 Å². The Morgan fingerprint density at radius 1 is 1.44 bits per heavy atom. The summed E-state index contributed by atoms with van der Waals surface area (Å²) in [5.41, 5.74) is 1.77. The number of nitrogens with zero attached hydrogens (tertiary/aromatic N) is 2. The molecule has 2 rings (SSSR count). The minimum atomic E-state index is -4.19. The van der Waals surface area contributed by atoms with Crippen LogP contribution in [0.2, 0.25) is 0 Å². The third kappa shape index (κ3) is 3.37. The van der Waals surface area contributed by atoms with Crippen molar-refractivity contribution < 1.29 is 13.2 Å². The van der Waals surface area contributed by atoms with Gasteiger partial charge in [0.05, 0.1) is 0 Å². The molecule has 1 fully saturated rings. The fraction of sp³-hybridized carbons (Fsp3) is 0.583. The summed E-state index contributed by atoms with van der Waals surface area (Å²) in [6.07, 6.45) is -0.928. The molecule has 0 aromatic carbocycles. The van der Waals surface area contributed by atoms with E-state index >= 15 is 0 Å². The minimum absolute atomic E-state index is 0.00681. The van der Waals surface area contributed by atoms with Crippen LogP contribution in [-0.2, 0) is 5.33 Å². The van der Waals surface area contributed by atoms with E-state index < -0.39 is 12.7 Å². The molecule has 1 aromatic rings. The summed E-state index contributed by atoms with van der Waals surface area (Å²) in [6, 6.07) is 1.87. The van der Waals surface area contributed by atoms with E-state index in [9.17, 15) is 13.2 Å². The number of alkyl halides is 4. The van der Waals surface area contributed by atoms with E-state index in [1.165, 1.54) is 4.90 Å². The monoisotopic (exact) mass is 322 g/mol. The Morgan fingerprint density at radius 3 is 2.56 bits per heavy atom. The molecule has 0 spiro atoms. The summed E-state index contributed by atoms with van der Waals surface area (Å²) in [5, 5.41) is 0.657. The van der Waals surface area contributed by atoms with Gasteiger partial charge in [-0.15, -0.1) is 0 Å². The lowest BCUT2D eigenvalue weighted by Crippen LogP contribution is -2.37. The molecule has 0 N–H and O–H groups in total. The van der Waals surface area contributed by atoms with Crippen molar-refractivity contribution in [2.75, 3.05) is 11.4 Å². The van der Waals surface area contributed by atoms with Gasteiger partial charge in [0.2, 0.25) is 0 Å². The first kappa shape index (κ1) is 13.6. The molecule has 2 nitrogen and oxygen atoms in total. The first-order valence-corrected chi connectivity index (χ1v) is 6.88. The maximum Gasteiger partial charge on any atom is 0.405 e. The van der Waals surface area contributed by atoms with Crippen molar-refractivity contribution in [2.24, 2.45) is 0 Å². The Morgan fingerprint density at radius 2 is 2.11 bits per heavy atom. The number of pyridine rings is 1. The molecule has 0 bridgehead atoms. The second-order valence-corrected chi connectivity index (χ2v) is 5.15. The van der Waals surface area contributed by atoms with Crippen molar-refractivity contribution in [3.8, 4) is 0 Å². The molecule has 1 aliphatic carbocycles. The van der Waals surface area contributed by atoms with Gasteiger partial charge in [0.1, 0.15) is 12.4 Å². The van der Waals surface area contributed by atoms with E-state index in [0.29, 0.717) is 11.1 Å². The fourth-order valence-electron chi connectivity index (χ4n) is 1.96. The quantitative estimate of drug-likeness (QED) is 0.783. The van der Waals surface area contributed by atoms with Gasteiger partial charge in [0.15, 0.2) is 0 Å². The summed E-state index contributed by atoms with van der Waals surface area (Å²) in [7, 11) is 0. The zero-order valence-corrected chi connectivity index (χ0v) is 11.6. The van der Waals surface area contributed by atoms with Crippen LogP contribution in [0.3, 0.4) is 0 Å². The third-order valence-electron chi connectivity index (χ3n) is 2.87. The van der Waals surface area contributed by atoms with Gasteiger partial charge >= 0.3 is 6.18 Å². The fourth-order valence-corrected chi connectivity index (χ4v) is 2.26. The van der Waals surface area contributed by atoms with Crippen LogP contribution >= 0.6 is 15.9 Å². The highest BCUT2D eigenvalue weighted by atomic mass is 79.9. The number of anilines is 1. The molecule has 1 aliphatic rings. The van der Waals surface area contributed by atoms with Gasteiger partial charge in [-0.05, 0) is 30.9 Å². The predicted octanol–water partition coefficient (Wildman–Crippen LogP) is 3.82. The van der Waals surface area contributed by atoms with Crippen LogP contribution in [-0.4, -0.2) is 23.7 Å². The van der Waals surface area contributed by atoms with Crippen LogP contribution in [0.25, 0.3) is 0 Å². The van der Waals surface area contributed by atoms with Gasteiger partial charge in [-0.25, -0.2) is 4.98 Å². The van der Waals surface area contributed by atoms with Crippen LogP contribution in [0.5, 0.6) is 0 Å². The standard InChI is InChI=1S/C12H14BrF3N2/c1-8-4-9(5-13)6-17-11(8)18(10-2-3-10)7-12(14,15)16/h4,6,10H,2-3,5,7H2,1H3. The van der Waals surface area contributed by atoms with E-state index in [-0.39, 0.29) is 6.04 Å². The average molecular weight is 323 g/mol. The van der Waals surface area contributed by atoms with E-state index in [1.807, 2.05) is 6.07 Å². The molecule has 1 heterocycles. The van der Waals surface area contributed by atoms with Crippen molar-refractivity contribution in [3.05, 3.63) is 23.4 Å². The number of aryl methyl sites for hydroxylation is 1. The Kier molecular flexibility index (Phi) is 3.84. The van der Waals surface area contributed by atoms with Crippen LogP contribution in [0.4, 0.5) is 19.0 Å². The van der Waals surface area contributed by atoms with Crippen molar-refractivity contribution in [2.45, 2.75) is 37.3 Å². The maximum atomic E-state index is 12.6. The van der Waals surface area contributed by atoms with Crippen LogP contribution in [0.15, 0.2) is 12.3 Å². The molecule has 0 saturated heterocycles. The van der Waals surface area contributed by atoms with Gasteiger partial charge < -0.3 is 4.90 Å². The highest BCUT2D eigenvalue weighted by molar-refractivity contribution is 9.08. The van der Waals surface area contributed by atoms with Crippen molar-refractivity contribution >= 4 is 21.7 Å². The molecule has 6 heteroatoms. The molecular weight excluding hydrogens is 309 g/mol. The Labute approximate surface area is 112 Å². The lowest BCUT2D eigenvalue weighted by molar-refractivity contribution is -0.120. The number of hydrogen-bond acceptors (Lipinski definition) is 2. The smallest absolute Gasteiger partial charge is 0.344 e. The summed E-state index contributed by atoms with van der Waals surface area (Å²) < 4.78 is 37.7. The van der Waals surface area contributed by atoms with Crippen molar-refractivity contribution in [1.29, 1.82) is 0 Å². The highest BCUT2D eigenvalue weighted by Gasteiger charge is 2.39. The molecule has 100 valence electrons. The molecule has 18 heavy (non-hydrogen) atoms.